The Balaban J connectivity index is 1.95. The van der Waals surface area contributed by atoms with Crippen LogP contribution in [0, 0.1) is 0 Å². The summed E-state index contributed by atoms with van der Waals surface area (Å²) in [5, 5.41) is 2.00. The molecule has 27 heavy (non-hydrogen) atoms. The van der Waals surface area contributed by atoms with Gasteiger partial charge in [-0.05, 0) is 30.3 Å². The number of nitrogens with one attached hydrogen (secondary N) is 1. The number of ether oxygens (including phenoxy) is 2. The molecule has 0 aliphatic rings. The summed E-state index contributed by atoms with van der Waals surface area (Å²) in [7, 11) is 1.35. The number of hydrogen-bond acceptors (Lipinski definition) is 5. The highest BCUT2D eigenvalue weighted by Crippen LogP contribution is 2.29. The van der Waals surface area contributed by atoms with Gasteiger partial charge < -0.3 is 9.47 Å². The van der Waals surface area contributed by atoms with Crippen LogP contribution in [0.25, 0.3) is 0 Å². The SMILES string of the molecule is COc1ccccc1C(=O)NC(=O)COC(=O)c1cccc(C(F)(F)F)c1. The number of rotatable bonds is 5. The third-order valence-corrected chi connectivity index (χ3v) is 3.36. The van der Waals surface area contributed by atoms with Gasteiger partial charge in [0.05, 0.1) is 23.8 Å². The fourth-order valence-electron chi connectivity index (χ4n) is 2.10. The summed E-state index contributed by atoms with van der Waals surface area (Å²) in [6.07, 6.45) is -4.62. The molecule has 142 valence electrons. The molecule has 0 bridgehead atoms. The average molecular weight is 381 g/mol. The van der Waals surface area contributed by atoms with Crippen LogP contribution in [-0.2, 0) is 15.7 Å². The molecule has 0 saturated heterocycles. The van der Waals surface area contributed by atoms with Crippen LogP contribution in [0.3, 0.4) is 0 Å². The van der Waals surface area contributed by atoms with E-state index in [1.807, 2.05) is 5.32 Å². The van der Waals surface area contributed by atoms with Gasteiger partial charge in [0, 0.05) is 0 Å². The first-order valence-electron chi connectivity index (χ1n) is 7.54. The van der Waals surface area contributed by atoms with E-state index in [0.717, 1.165) is 18.2 Å². The Bertz CT molecular complexity index is 864. The van der Waals surface area contributed by atoms with Crippen LogP contribution in [0.5, 0.6) is 5.75 Å². The Morgan fingerprint density at radius 1 is 1.04 bits per heavy atom. The summed E-state index contributed by atoms with van der Waals surface area (Å²) in [6.45, 7) is -0.837. The lowest BCUT2D eigenvalue weighted by molar-refractivity contribution is -0.137. The molecule has 0 aliphatic carbocycles. The third-order valence-electron chi connectivity index (χ3n) is 3.36. The molecule has 9 heteroatoms. The first-order chi connectivity index (χ1) is 12.7. The molecular weight excluding hydrogens is 367 g/mol. The van der Waals surface area contributed by atoms with Crippen molar-refractivity contribution in [2.24, 2.45) is 0 Å². The quantitative estimate of drug-likeness (QED) is 0.806. The molecule has 1 N–H and O–H groups in total. The number of methoxy groups -OCH3 is 1. The zero-order valence-electron chi connectivity index (χ0n) is 14.0. The highest BCUT2D eigenvalue weighted by molar-refractivity contribution is 6.07. The summed E-state index contributed by atoms with van der Waals surface area (Å²) >= 11 is 0. The van der Waals surface area contributed by atoms with E-state index in [2.05, 4.69) is 4.74 Å². The molecule has 0 radical (unpaired) electrons. The van der Waals surface area contributed by atoms with E-state index >= 15 is 0 Å². The van der Waals surface area contributed by atoms with E-state index in [0.29, 0.717) is 6.07 Å². The number of amides is 2. The molecule has 6 nitrogen and oxygen atoms in total. The van der Waals surface area contributed by atoms with Gasteiger partial charge in [-0.25, -0.2) is 4.79 Å². The minimum Gasteiger partial charge on any atom is -0.496 e. The molecule has 0 saturated carbocycles. The molecule has 0 aromatic heterocycles. The standard InChI is InChI=1S/C18H14F3NO5/c1-26-14-8-3-2-7-13(14)16(24)22-15(23)10-27-17(25)11-5-4-6-12(9-11)18(19,20)21/h2-9H,10H2,1H3,(H,22,23,24). The monoisotopic (exact) mass is 381 g/mol. The largest absolute Gasteiger partial charge is 0.496 e. The summed E-state index contributed by atoms with van der Waals surface area (Å²) in [5.74, 6) is -2.59. The van der Waals surface area contributed by atoms with Crippen molar-refractivity contribution >= 4 is 17.8 Å². The highest BCUT2D eigenvalue weighted by atomic mass is 19.4. The second kappa shape index (κ2) is 8.35. The predicted molar refractivity (Wildman–Crippen MR) is 87.2 cm³/mol. The van der Waals surface area contributed by atoms with E-state index in [-0.39, 0.29) is 16.9 Å². The summed E-state index contributed by atoms with van der Waals surface area (Å²) in [6, 6.07) is 9.72. The molecule has 2 aromatic carbocycles. The van der Waals surface area contributed by atoms with Gasteiger partial charge in [-0.15, -0.1) is 0 Å². The molecule has 0 atom stereocenters. The van der Waals surface area contributed by atoms with Crippen molar-refractivity contribution in [3.05, 3.63) is 65.2 Å². The minimum absolute atomic E-state index is 0.0950. The van der Waals surface area contributed by atoms with Gasteiger partial charge in [0.2, 0.25) is 0 Å². The number of imide groups is 1. The van der Waals surface area contributed by atoms with Gasteiger partial charge >= 0.3 is 12.1 Å². The van der Waals surface area contributed by atoms with Crippen molar-refractivity contribution in [2.45, 2.75) is 6.18 Å². The average Bonchev–Trinajstić information content (AvgIpc) is 2.65. The predicted octanol–water partition coefficient (Wildman–Crippen LogP) is 2.83. The molecule has 2 rings (SSSR count). The number of benzene rings is 2. The lowest BCUT2D eigenvalue weighted by Crippen LogP contribution is -2.34. The fraction of sp³-hybridized carbons (Fsp3) is 0.167. The first kappa shape index (κ1) is 20.0. The molecule has 2 aromatic rings. The second-order valence-electron chi connectivity index (χ2n) is 5.23. The normalized spacial score (nSPS) is 10.8. The summed E-state index contributed by atoms with van der Waals surface area (Å²) in [5.41, 5.74) is -1.29. The van der Waals surface area contributed by atoms with Crippen LogP contribution in [0.1, 0.15) is 26.3 Å². The Labute approximate surface area is 151 Å². The van der Waals surface area contributed by atoms with Crippen LogP contribution in [0.15, 0.2) is 48.5 Å². The Morgan fingerprint density at radius 2 is 1.74 bits per heavy atom. The van der Waals surface area contributed by atoms with Gasteiger partial charge in [0.1, 0.15) is 5.75 Å². The second-order valence-corrected chi connectivity index (χ2v) is 5.23. The van der Waals surface area contributed by atoms with Crippen molar-refractivity contribution in [2.75, 3.05) is 13.7 Å². The van der Waals surface area contributed by atoms with Gasteiger partial charge in [0.15, 0.2) is 6.61 Å². The Kier molecular flexibility index (Phi) is 6.17. The van der Waals surface area contributed by atoms with E-state index in [4.69, 9.17) is 4.74 Å². The molecule has 0 heterocycles. The Hall–Kier alpha value is -3.36. The van der Waals surface area contributed by atoms with Crippen LogP contribution >= 0.6 is 0 Å². The summed E-state index contributed by atoms with van der Waals surface area (Å²) in [4.78, 5) is 35.6. The van der Waals surface area contributed by atoms with Gasteiger partial charge in [-0.3, -0.25) is 14.9 Å². The van der Waals surface area contributed by atoms with Gasteiger partial charge in [0.25, 0.3) is 11.8 Å². The van der Waals surface area contributed by atoms with E-state index in [1.165, 1.54) is 19.2 Å². The van der Waals surface area contributed by atoms with E-state index in [9.17, 15) is 27.6 Å². The summed E-state index contributed by atoms with van der Waals surface area (Å²) < 4.78 is 47.6. The van der Waals surface area contributed by atoms with Crippen LogP contribution in [0.2, 0.25) is 0 Å². The molecule has 2 amide bonds. The zero-order chi connectivity index (χ0) is 20.0. The van der Waals surface area contributed by atoms with Crippen molar-refractivity contribution < 1.29 is 37.0 Å². The number of carbonyl (C=O) groups excluding carboxylic acids is 3. The molecule has 0 aliphatic heterocycles. The fourth-order valence-corrected chi connectivity index (χ4v) is 2.10. The molecule has 0 fully saturated rings. The third kappa shape index (κ3) is 5.30. The molecule has 0 spiro atoms. The maximum atomic E-state index is 12.6. The van der Waals surface area contributed by atoms with Crippen molar-refractivity contribution in [1.29, 1.82) is 0 Å². The Morgan fingerprint density at radius 3 is 2.41 bits per heavy atom. The van der Waals surface area contributed by atoms with Gasteiger partial charge in [-0.1, -0.05) is 18.2 Å². The topological polar surface area (TPSA) is 81.7 Å². The molecule has 0 unspecified atom stereocenters. The zero-order valence-corrected chi connectivity index (χ0v) is 14.0. The lowest BCUT2D eigenvalue weighted by atomic mass is 10.1. The van der Waals surface area contributed by atoms with Gasteiger partial charge in [-0.2, -0.15) is 13.2 Å². The number of para-hydroxylation sites is 1. The smallest absolute Gasteiger partial charge is 0.416 e. The van der Waals surface area contributed by atoms with Crippen molar-refractivity contribution in [1.82, 2.24) is 5.32 Å². The highest BCUT2D eigenvalue weighted by Gasteiger charge is 2.31. The minimum atomic E-state index is -4.62. The lowest BCUT2D eigenvalue weighted by Gasteiger charge is -2.10. The maximum absolute atomic E-state index is 12.6. The first-order valence-corrected chi connectivity index (χ1v) is 7.54. The van der Waals surface area contributed by atoms with E-state index in [1.54, 1.807) is 12.1 Å². The number of alkyl halides is 3. The number of halogens is 3. The number of hydrogen-bond donors (Lipinski definition) is 1. The number of esters is 1. The van der Waals surface area contributed by atoms with Crippen molar-refractivity contribution in [3.63, 3.8) is 0 Å². The molecular formula is C18H14F3NO5. The van der Waals surface area contributed by atoms with E-state index < -0.39 is 36.1 Å². The van der Waals surface area contributed by atoms with Crippen LogP contribution in [0.4, 0.5) is 13.2 Å². The number of carbonyl (C=O) groups is 3. The van der Waals surface area contributed by atoms with Crippen LogP contribution in [-0.4, -0.2) is 31.5 Å². The van der Waals surface area contributed by atoms with Crippen LogP contribution < -0.4 is 10.1 Å². The maximum Gasteiger partial charge on any atom is 0.416 e. The van der Waals surface area contributed by atoms with Crippen molar-refractivity contribution in [3.8, 4) is 5.75 Å².